The molecule has 4 aromatic carbocycles. The van der Waals surface area contributed by atoms with Gasteiger partial charge in [0, 0.05) is 23.9 Å². The minimum atomic E-state index is 0.610. The number of ether oxygens (including phenoxy) is 1. The maximum atomic E-state index is 6.61. The number of unbranched alkanes of at least 4 members (excludes halogenated alkanes) is 2. The van der Waals surface area contributed by atoms with Crippen molar-refractivity contribution in [2.45, 2.75) is 59.0 Å². The van der Waals surface area contributed by atoms with Gasteiger partial charge < -0.3 is 13.7 Å². The zero-order valence-corrected chi connectivity index (χ0v) is 26.8. The highest BCUT2D eigenvalue weighted by Crippen LogP contribution is 2.39. The number of nitrogens with zero attached hydrogens (tertiary/aromatic N) is 1. The molecule has 0 saturated carbocycles. The molecule has 0 aliphatic heterocycles. The first-order valence-electron chi connectivity index (χ1n) is 16.4. The topological polar surface area (TPSA) is 27.3 Å². The van der Waals surface area contributed by atoms with Crippen LogP contribution < -0.4 is 0 Å². The standard InChI is InChI=1S/C42H43NO2/c1-4-6-14-36-28-39(43(38-18-12-9-13-19-38)41(36)34-16-10-8-11-17-34)32-24-26-35(27-25-32)42-37(15-7-5-2)29-40(45-42)33-22-20-31(21-23-33)30-44-3/h8-13,16-29H,4-7,14-15,30H2,1-3H3. The van der Waals surface area contributed by atoms with Crippen LogP contribution in [0.2, 0.25) is 0 Å². The van der Waals surface area contributed by atoms with E-state index in [9.17, 15) is 0 Å². The van der Waals surface area contributed by atoms with E-state index < -0.39 is 0 Å². The van der Waals surface area contributed by atoms with Crippen LogP contribution in [0.1, 0.15) is 56.2 Å². The van der Waals surface area contributed by atoms with E-state index >= 15 is 0 Å². The lowest BCUT2D eigenvalue weighted by atomic mass is 10.0. The maximum Gasteiger partial charge on any atom is 0.137 e. The Balaban J connectivity index is 1.42. The van der Waals surface area contributed by atoms with E-state index in [2.05, 4.69) is 140 Å². The van der Waals surface area contributed by atoms with Crippen molar-refractivity contribution in [2.75, 3.05) is 7.11 Å². The van der Waals surface area contributed by atoms with Gasteiger partial charge >= 0.3 is 0 Å². The van der Waals surface area contributed by atoms with Gasteiger partial charge in [-0.15, -0.1) is 0 Å². The normalized spacial score (nSPS) is 11.3. The molecule has 6 rings (SSSR count). The van der Waals surface area contributed by atoms with E-state index in [1.807, 2.05) is 0 Å². The highest BCUT2D eigenvalue weighted by Gasteiger charge is 2.20. The van der Waals surface area contributed by atoms with Crippen LogP contribution in [0.4, 0.5) is 0 Å². The molecule has 2 aromatic heterocycles. The maximum absolute atomic E-state index is 6.61. The molecule has 228 valence electrons. The zero-order chi connectivity index (χ0) is 31.0. The van der Waals surface area contributed by atoms with Gasteiger partial charge in [-0.3, -0.25) is 0 Å². The summed E-state index contributed by atoms with van der Waals surface area (Å²) in [5.74, 6) is 1.88. The number of methoxy groups -OCH3 is 1. The van der Waals surface area contributed by atoms with E-state index in [4.69, 9.17) is 9.15 Å². The number of hydrogen-bond donors (Lipinski definition) is 0. The number of aromatic nitrogens is 1. The van der Waals surface area contributed by atoms with Gasteiger partial charge in [-0.05, 0) is 77.8 Å². The Morgan fingerprint density at radius 1 is 0.600 bits per heavy atom. The minimum Gasteiger partial charge on any atom is -0.456 e. The Bertz CT molecular complexity index is 1790. The van der Waals surface area contributed by atoms with Crippen LogP contribution in [0.5, 0.6) is 0 Å². The van der Waals surface area contributed by atoms with Crippen molar-refractivity contribution in [1.29, 1.82) is 0 Å². The summed E-state index contributed by atoms with van der Waals surface area (Å²) in [5.41, 5.74) is 12.1. The molecule has 0 aliphatic carbocycles. The molecule has 0 spiro atoms. The summed E-state index contributed by atoms with van der Waals surface area (Å²) in [6, 6.07) is 43.7. The third kappa shape index (κ3) is 6.74. The molecule has 3 heteroatoms. The lowest BCUT2D eigenvalue weighted by Gasteiger charge is -2.16. The average Bonchev–Trinajstić information content (AvgIpc) is 3.70. The van der Waals surface area contributed by atoms with Gasteiger partial charge in [-0.2, -0.15) is 0 Å². The van der Waals surface area contributed by atoms with Gasteiger partial charge in [-0.1, -0.05) is 124 Å². The second-order valence-electron chi connectivity index (χ2n) is 11.8. The molecule has 45 heavy (non-hydrogen) atoms. The third-order valence-corrected chi connectivity index (χ3v) is 8.54. The summed E-state index contributed by atoms with van der Waals surface area (Å²) in [5, 5.41) is 0. The van der Waals surface area contributed by atoms with Crippen LogP contribution in [0, 0.1) is 0 Å². The first kappa shape index (κ1) is 30.4. The fraction of sp³-hybridized carbons (Fsp3) is 0.238. The summed E-state index contributed by atoms with van der Waals surface area (Å²) in [6.45, 7) is 5.12. The summed E-state index contributed by atoms with van der Waals surface area (Å²) < 4.78 is 14.4. The van der Waals surface area contributed by atoms with Crippen molar-refractivity contribution in [3.05, 3.63) is 138 Å². The molecule has 3 nitrogen and oxygen atoms in total. The quantitative estimate of drug-likeness (QED) is 0.133. The lowest BCUT2D eigenvalue weighted by Crippen LogP contribution is -2.00. The minimum absolute atomic E-state index is 0.610. The van der Waals surface area contributed by atoms with Gasteiger partial charge in [0.15, 0.2) is 0 Å². The molecule has 0 unspecified atom stereocenters. The summed E-state index contributed by atoms with van der Waals surface area (Å²) >= 11 is 0. The van der Waals surface area contributed by atoms with Gasteiger partial charge in [0.2, 0.25) is 0 Å². The third-order valence-electron chi connectivity index (χ3n) is 8.54. The first-order chi connectivity index (χ1) is 22.2. The molecule has 6 aromatic rings. The number of para-hydroxylation sites is 1. The van der Waals surface area contributed by atoms with Crippen molar-refractivity contribution in [3.63, 3.8) is 0 Å². The monoisotopic (exact) mass is 593 g/mol. The van der Waals surface area contributed by atoms with Crippen molar-refractivity contribution >= 4 is 0 Å². The summed E-state index contributed by atoms with van der Waals surface area (Å²) in [4.78, 5) is 0. The second kappa shape index (κ2) is 14.5. The van der Waals surface area contributed by atoms with Crippen LogP contribution in [0.25, 0.3) is 50.8 Å². The largest absolute Gasteiger partial charge is 0.456 e. The number of hydrogen-bond acceptors (Lipinski definition) is 2. The summed E-state index contributed by atoms with van der Waals surface area (Å²) in [7, 11) is 1.73. The molecule has 0 amide bonds. The Morgan fingerprint density at radius 3 is 1.84 bits per heavy atom. The molecular weight excluding hydrogens is 550 g/mol. The van der Waals surface area contributed by atoms with Crippen LogP contribution >= 0.6 is 0 Å². The molecule has 0 N–H and O–H groups in total. The number of benzene rings is 4. The van der Waals surface area contributed by atoms with E-state index in [1.165, 1.54) is 39.3 Å². The van der Waals surface area contributed by atoms with E-state index in [-0.39, 0.29) is 0 Å². The predicted octanol–water partition coefficient (Wildman–Crippen LogP) is 11.6. The molecule has 0 saturated heterocycles. The van der Waals surface area contributed by atoms with Crippen LogP contribution in [0.3, 0.4) is 0 Å². The molecular formula is C42H43NO2. The summed E-state index contributed by atoms with van der Waals surface area (Å²) in [6.07, 6.45) is 6.64. The van der Waals surface area contributed by atoms with Gasteiger partial charge in [-0.25, -0.2) is 0 Å². The Morgan fingerprint density at radius 2 is 1.20 bits per heavy atom. The number of rotatable bonds is 13. The van der Waals surface area contributed by atoms with E-state index in [0.717, 1.165) is 66.7 Å². The van der Waals surface area contributed by atoms with Crippen LogP contribution in [0.15, 0.2) is 126 Å². The predicted molar refractivity (Wildman–Crippen MR) is 188 cm³/mol. The number of furan rings is 1. The molecule has 0 bridgehead atoms. The molecule has 0 atom stereocenters. The Kier molecular flexibility index (Phi) is 9.77. The van der Waals surface area contributed by atoms with Crippen LogP contribution in [-0.2, 0) is 24.2 Å². The van der Waals surface area contributed by atoms with Gasteiger partial charge in [0.1, 0.15) is 11.5 Å². The fourth-order valence-electron chi connectivity index (χ4n) is 6.18. The lowest BCUT2D eigenvalue weighted by molar-refractivity contribution is 0.185. The van der Waals surface area contributed by atoms with Crippen LogP contribution in [-0.4, -0.2) is 11.7 Å². The van der Waals surface area contributed by atoms with Crippen molar-refractivity contribution in [2.24, 2.45) is 0 Å². The Labute approximate surface area is 268 Å². The Hall–Kier alpha value is -4.60. The fourth-order valence-corrected chi connectivity index (χ4v) is 6.18. The number of aryl methyl sites for hydroxylation is 2. The average molecular weight is 594 g/mol. The smallest absolute Gasteiger partial charge is 0.137 e. The van der Waals surface area contributed by atoms with Crippen molar-refractivity contribution < 1.29 is 9.15 Å². The first-order valence-corrected chi connectivity index (χ1v) is 16.4. The van der Waals surface area contributed by atoms with E-state index in [0.29, 0.717) is 6.61 Å². The van der Waals surface area contributed by atoms with Crippen molar-refractivity contribution in [1.82, 2.24) is 4.57 Å². The molecule has 2 heterocycles. The highest BCUT2D eigenvalue weighted by atomic mass is 16.5. The zero-order valence-electron chi connectivity index (χ0n) is 26.8. The SMILES string of the molecule is CCCCc1cc(-c2ccc(COC)cc2)oc1-c1ccc(-c2cc(CCCC)c(-c3ccccc3)n2-c2ccccc2)cc1. The highest BCUT2D eigenvalue weighted by molar-refractivity contribution is 5.78. The second-order valence-corrected chi connectivity index (χ2v) is 11.8. The molecule has 0 fully saturated rings. The molecule has 0 aliphatic rings. The van der Waals surface area contributed by atoms with Gasteiger partial charge in [0.25, 0.3) is 0 Å². The van der Waals surface area contributed by atoms with Gasteiger partial charge in [0.05, 0.1) is 18.0 Å². The van der Waals surface area contributed by atoms with Crippen molar-refractivity contribution in [3.8, 4) is 50.8 Å². The van der Waals surface area contributed by atoms with E-state index in [1.54, 1.807) is 7.11 Å². The molecule has 0 radical (unpaired) electrons.